The van der Waals surface area contributed by atoms with Crippen LogP contribution in [0.2, 0.25) is 0 Å². The molecule has 3 N–H and O–H groups in total. The Bertz CT molecular complexity index is 763. The van der Waals surface area contributed by atoms with Crippen LogP contribution < -0.4 is 20.9 Å². The van der Waals surface area contributed by atoms with E-state index in [0.717, 1.165) is 36.3 Å². The van der Waals surface area contributed by atoms with E-state index >= 15 is 0 Å². The van der Waals surface area contributed by atoms with E-state index in [0.29, 0.717) is 5.92 Å². The van der Waals surface area contributed by atoms with Crippen molar-refractivity contribution in [1.29, 1.82) is 0 Å². The molecule has 0 aromatic heterocycles. The molecule has 0 spiro atoms. The summed E-state index contributed by atoms with van der Waals surface area (Å²) in [6.07, 6.45) is 3.24. The molecule has 1 aliphatic carbocycles. The highest BCUT2D eigenvalue weighted by Crippen LogP contribution is 2.32. The van der Waals surface area contributed by atoms with Crippen molar-refractivity contribution >= 4 is 5.91 Å². The van der Waals surface area contributed by atoms with Crippen molar-refractivity contribution in [1.82, 2.24) is 16.2 Å². The van der Waals surface area contributed by atoms with Crippen molar-refractivity contribution in [3.8, 4) is 5.75 Å². The van der Waals surface area contributed by atoms with Gasteiger partial charge in [-0.2, -0.15) is 0 Å². The minimum Gasteiger partial charge on any atom is -0.497 e. The summed E-state index contributed by atoms with van der Waals surface area (Å²) < 4.78 is 5.28. The number of rotatable bonds is 5. The Morgan fingerprint density at radius 2 is 1.81 bits per heavy atom. The van der Waals surface area contributed by atoms with E-state index in [1.807, 2.05) is 42.5 Å². The third-order valence-corrected chi connectivity index (χ3v) is 5.87. The number of ether oxygens (including phenoxy) is 1. The van der Waals surface area contributed by atoms with Gasteiger partial charge in [-0.1, -0.05) is 48.9 Å². The zero-order valence-corrected chi connectivity index (χ0v) is 15.7. The van der Waals surface area contributed by atoms with E-state index in [-0.39, 0.29) is 23.9 Å². The van der Waals surface area contributed by atoms with Crippen LogP contribution in [0.4, 0.5) is 0 Å². The quantitative estimate of drug-likeness (QED) is 0.762. The molecular formula is C22H27N3O2. The number of hydrogen-bond acceptors (Lipinski definition) is 4. The lowest BCUT2D eigenvalue weighted by Crippen LogP contribution is -2.48. The van der Waals surface area contributed by atoms with E-state index < -0.39 is 0 Å². The van der Waals surface area contributed by atoms with Gasteiger partial charge in [0.1, 0.15) is 5.75 Å². The fourth-order valence-electron chi connectivity index (χ4n) is 4.39. The molecule has 5 heteroatoms. The zero-order chi connectivity index (χ0) is 18.6. The third-order valence-electron chi connectivity index (χ3n) is 5.87. The second kappa shape index (κ2) is 8.11. The largest absolute Gasteiger partial charge is 0.497 e. The van der Waals surface area contributed by atoms with Gasteiger partial charge < -0.3 is 10.1 Å². The van der Waals surface area contributed by atoms with Gasteiger partial charge in [0, 0.05) is 12.6 Å². The minimum absolute atomic E-state index is 0.00297. The normalized spacial score (nSPS) is 25.4. The third kappa shape index (κ3) is 3.84. The lowest BCUT2D eigenvalue weighted by molar-refractivity contribution is -0.127. The molecule has 2 aromatic rings. The van der Waals surface area contributed by atoms with Gasteiger partial charge in [0.25, 0.3) is 0 Å². The first-order valence-electron chi connectivity index (χ1n) is 9.74. The lowest BCUT2D eigenvalue weighted by atomic mass is 9.77. The molecule has 0 bridgehead atoms. The van der Waals surface area contributed by atoms with Crippen molar-refractivity contribution in [3.05, 3.63) is 65.7 Å². The number of methoxy groups -OCH3 is 1. The number of carbonyl (C=O) groups excluding carboxylic acids is 1. The smallest absolute Gasteiger partial charge is 0.225 e. The van der Waals surface area contributed by atoms with E-state index in [9.17, 15) is 4.79 Å². The van der Waals surface area contributed by atoms with Gasteiger partial charge >= 0.3 is 0 Å². The van der Waals surface area contributed by atoms with Crippen molar-refractivity contribution in [3.63, 3.8) is 0 Å². The monoisotopic (exact) mass is 365 g/mol. The second-order valence-electron chi connectivity index (χ2n) is 7.47. The van der Waals surface area contributed by atoms with Crippen LogP contribution in [-0.4, -0.2) is 25.6 Å². The summed E-state index contributed by atoms with van der Waals surface area (Å²) in [5.41, 5.74) is 8.70. The Kier molecular flexibility index (Phi) is 5.41. The van der Waals surface area contributed by atoms with Gasteiger partial charge in [-0.3, -0.25) is 15.6 Å². The summed E-state index contributed by atoms with van der Waals surface area (Å²) in [6, 6.07) is 18.1. The maximum atomic E-state index is 13.2. The maximum absolute atomic E-state index is 13.2. The highest BCUT2D eigenvalue weighted by Gasteiger charge is 2.40. The fraction of sp³-hybridized carbons (Fsp3) is 0.409. The molecule has 4 unspecified atom stereocenters. The molecular weight excluding hydrogens is 338 g/mol. The zero-order valence-electron chi connectivity index (χ0n) is 15.7. The molecule has 2 fully saturated rings. The van der Waals surface area contributed by atoms with Crippen molar-refractivity contribution in [2.45, 2.75) is 31.3 Å². The molecule has 0 radical (unpaired) electrons. The second-order valence-corrected chi connectivity index (χ2v) is 7.47. The van der Waals surface area contributed by atoms with Gasteiger partial charge in [0.05, 0.1) is 19.1 Å². The number of amides is 1. The van der Waals surface area contributed by atoms with Crippen LogP contribution in [0.3, 0.4) is 0 Å². The summed E-state index contributed by atoms with van der Waals surface area (Å²) in [7, 11) is 1.66. The van der Waals surface area contributed by atoms with Crippen LogP contribution in [0.1, 0.15) is 36.4 Å². The van der Waals surface area contributed by atoms with Crippen molar-refractivity contribution < 1.29 is 9.53 Å². The average Bonchev–Trinajstić information content (AvgIpc) is 3.21. The maximum Gasteiger partial charge on any atom is 0.225 e. The minimum atomic E-state index is -0.167. The molecule has 5 nitrogen and oxygen atoms in total. The van der Waals surface area contributed by atoms with Crippen LogP contribution in [0.15, 0.2) is 54.6 Å². The molecule has 1 amide bonds. The summed E-state index contributed by atoms with van der Waals surface area (Å²) in [5.74, 6) is 1.49. The first-order valence-corrected chi connectivity index (χ1v) is 9.74. The number of benzene rings is 2. The number of hydrogen-bond donors (Lipinski definition) is 3. The molecule has 1 heterocycles. The van der Waals surface area contributed by atoms with Gasteiger partial charge in [-0.05, 0) is 42.0 Å². The highest BCUT2D eigenvalue weighted by molar-refractivity contribution is 5.80. The SMILES string of the molecule is COc1ccc(C(NC(=O)C2CCCC3CNNC32)c2ccccc2)cc1. The number of fused-ring (bicyclic) bond motifs is 1. The summed E-state index contributed by atoms with van der Waals surface area (Å²) >= 11 is 0. The summed E-state index contributed by atoms with van der Waals surface area (Å²) in [4.78, 5) is 13.2. The summed E-state index contributed by atoms with van der Waals surface area (Å²) in [5, 5.41) is 3.32. The molecule has 4 rings (SSSR count). The van der Waals surface area contributed by atoms with Gasteiger partial charge in [-0.15, -0.1) is 0 Å². The van der Waals surface area contributed by atoms with Crippen LogP contribution in [0.5, 0.6) is 5.75 Å². The Labute approximate surface area is 160 Å². The molecule has 2 aromatic carbocycles. The Hall–Kier alpha value is -2.37. The first kappa shape index (κ1) is 18.0. The molecule has 1 saturated heterocycles. The molecule has 4 atom stereocenters. The number of nitrogens with one attached hydrogen (secondary N) is 3. The van der Waals surface area contributed by atoms with Crippen molar-refractivity contribution in [2.75, 3.05) is 13.7 Å². The first-order chi connectivity index (χ1) is 13.3. The van der Waals surface area contributed by atoms with E-state index in [1.54, 1.807) is 7.11 Å². The number of carbonyl (C=O) groups is 1. The Morgan fingerprint density at radius 3 is 2.56 bits per heavy atom. The molecule has 1 saturated carbocycles. The van der Waals surface area contributed by atoms with Gasteiger partial charge in [0.2, 0.25) is 5.91 Å². The molecule has 142 valence electrons. The topological polar surface area (TPSA) is 62.4 Å². The average molecular weight is 365 g/mol. The number of hydrazine groups is 1. The highest BCUT2D eigenvalue weighted by atomic mass is 16.5. The van der Waals surface area contributed by atoms with Crippen LogP contribution in [-0.2, 0) is 4.79 Å². The van der Waals surface area contributed by atoms with E-state index in [1.165, 1.54) is 6.42 Å². The van der Waals surface area contributed by atoms with Gasteiger partial charge in [-0.25, -0.2) is 0 Å². The predicted molar refractivity (Wildman–Crippen MR) is 105 cm³/mol. The standard InChI is InChI=1S/C22H27N3O2/c1-27-18-12-10-16(11-13-18)20(15-6-3-2-4-7-15)24-22(26)19-9-5-8-17-14-23-25-21(17)19/h2-4,6-7,10-13,17,19-21,23,25H,5,8-9,14H2,1H3,(H,24,26). The molecule has 2 aliphatic rings. The fourth-order valence-corrected chi connectivity index (χ4v) is 4.39. The molecule has 27 heavy (non-hydrogen) atoms. The van der Waals surface area contributed by atoms with Crippen LogP contribution in [0, 0.1) is 11.8 Å². The Morgan fingerprint density at radius 1 is 1.07 bits per heavy atom. The Balaban J connectivity index is 1.58. The van der Waals surface area contributed by atoms with E-state index in [4.69, 9.17) is 4.74 Å². The van der Waals surface area contributed by atoms with Gasteiger partial charge in [0.15, 0.2) is 0 Å². The lowest BCUT2D eigenvalue weighted by Gasteiger charge is -2.33. The van der Waals surface area contributed by atoms with Crippen LogP contribution in [0.25, 0.3) is 0 Å². The predicted octanol–water partition coefficient (Wildman–Crippen LogP) is 2.79. The summed E-state index contributed by atoms with van der Waals surface area (Å²) in [6.45, 7) is 0.953. The van der Waals surface area contributed by atoms with Crippen LogP contribution >= 0.6 is 0 Å². The molecule has 1 aliphatic heterocycles. The van der Waals surface area contributed by atoms with E-state index in [2.05, 4.69) is 28.3 Å². The van der Waals surface area contributed by atoms with Crippen molar-refractivity contribution in [2.24, 2.45) is 11.8 Å².